The number of benzene rings is 1. The molecule has 1 aliphatic heterocycles. The molecule has 1 N–H and O–H groups in total. The molecule has 8 nitrogen and oxygen atoms in total. The molecule has 0 spiro atoms. The molecule has 1 unspecified atom stereocenters. The van der Waals surface area contributed by atoms with E-state index >= 15 is 0 Å². The predicted octanol–water partition coefficient (Wildman–Crippen LogP) is 1.02. The van der Waals surface area contributed by atoms with Crippen LogP contribution in [0, 0.1) is 0 Å². The molecule has 1 amide bonds. The van der Waals surface area contributed by atoms with Crippen LogP contribution in [0.1, 0.15) is 10.4 Å². The van der Waals surface area contributed by atoms with Crippen LogP contribution in [0.2, 0.25) is 0 Å². The van der Waals surface area contributed by atoms with E-state index in [0.717, 1.165) is 0 Å². The van der Waals surface area contributed by atoms with Gasteiger partial charge in [-0.1, -0.05) is 12.1 Å². The topological polar surface area (TPSA) is 93.9 Å². The van der Waals surface area contributed by atoms with Gasteiger partial charge in [0.1, 0.15) is 11.4 Å². The third-order valence-electron chi connectivity index (χ3n) is 4.05. The fourth-order valence-corrected chi connectivity index (χ4v) is 2.84. The number of para-hydroxylation sites is 1. The van der Waals surface area contributed by atoms with Crippen molar-refractivity contribution in [2.45, 2.75) is 6.10 Å². The Labute approximate surface area is 144 Å². The lowest BCUT2D eigenvalue weighted by Gasteiger charge is -2.30. The maximum absolute atomic E-state index is 13.0. The van der Waals surface area contributed by atoms with E-state index in [0.29, 0.717) is 29.1 Å². The van der Waals surface area contributed by atoms with Crippen LogP contribution in [0.4, 0.5) is 0 Å². The largest absolute Gasteiger partial charge is 0.496 e. The number of aromatic nitrogens is 2. The highest BCUT2D eigenvalue weighted by Gasteiger charge is 2.31. The summed E-state index contributed by atoms with van der Waals surface area (Å²) in [4.78, 5) is 25.6. The number of rotatable bonds is 4. The summed E-state index contributed by atoms with van der Waals surface area (Å²) in [6.07, 6.45) is 0.624. The van der Waals surface area contributed by atoms with Gasteiger partial charge in [0, 0.05) is 25.4 Å². The van der Waals surface area contributed by atoms with E-state index in [1.807, 2.05) is 18.2 Å². The Balaban J connectivity index is 1.95. The summed E-state index contributed by atoms with van der Waals surface area (Å²) in [5.41, 5.74) is 1.61. The summed E-state index contributed by atoms with van der Waals surface area (Å²) in [5, 5.41) is 13.5. The Bertz CT molecular complexity index is 801. The van der Waals surface area contributed by atoms with Crippen LogP contribution < -0.4 is 4.74 Å². The normalized spacial score (nSPS) is 17.4. The second-order valence-electron chi connectivity index (χ2n) is 5.71. The van der Waals surface area contributed by atoms with Gasteiger partial charge in [0.15, 0.2) is 6.10 Å². The Hall–Kier alpha value is -2.87. The van der Waals surface area contributed by atoms with Crippen molar-refractivity contribution >= 4 is 11.9 Å². The maximum Gasteiger partial charge on any atom is 0.334 e. The summed E-state index contributed by atoms with van der Waals surface area (Å²) in [7, 11) is 3.29. The second-order valence-corrected chi connectivity index (χ2v) is 5.71. The monoisotopic (exact) mass is 345 g/mol. The fourth-order valence-electron chi connectivity index (χ4n) is 2.84. The van der Waals surface area contributed by atoms with Crippen molar-refractivity contribution in [1.82, 2.24) is 14.7 Å². The van der Waals surface area contributed by atoms with Crippen LogP contribution in [0.5, 0.6) is 5.75 Å². The van der Waals surface area contributed by atoms with Gasteiger partial charge in [0.25, 0.3) is 5.91 Å². The summed E-state index contributed by atoms with van der Waals surface area (Å²) in [6, 6.07) is 7.31. The zero-order valence-corrected chi connectivity index (χ0v) is 14.0. The van der Waals surface area contributed by atoms with Gasteiger partial charge in [0.2, 0.25) is 0 Å². The highest BCUT2D eigenvalue weighted by Crippen LogP contribution is 2.31. The molecule has 132 valence electrons. The van der Waals surface area contributed by atoms with Gasteiger partial charge in [-0.25, -0.2) is 4.79 Å². The van der Waals surface area contributed by atoms with Gasteiger partial charge < -0.3 is 19.5 Å². The molecule has 1 aromatic heterocycles. The van der Waals surface area contributed by atoms with Gasteiger partial charge in [-0.2, -0.15) is 5.10 Å². The van der Waals surface area contributed by atoms with Crippen molar-refractivity contribution in [1.29, 1.82) is 0 Å². The number of morpholine rings is 1. The first-order valence-electron chi connectivity index (χ1n) is 7.82. The van der Waals surface area contributed by atoms with E-state index in [4.69, 9.17) is 14.6 Å². The van der Waals surface area contributed by atoms with Crippen molar-refractivity contribution in [2.24, 2.45) is 7.05 Å². The quantitative estimate of drug-likeness (QED) is 0.889. The number of carboxylic acids is 1. The van der Waals surface area contributed by atoms with Crippen molar-refractivity contribution in [3.63, 3.8) is 0 Å². The molecule has 0 bridgehead atoms. The third-order valence-corrected chi connectivity index (χ3v) is 4.05. The van der Waals surface area contributed by atoms with Crippen molar-refractivity contribution in [2.75, 3.05) is 26.8 Å². The Morgan fingerprint density at radius 3 is 2.84 bits per heavy atom. The molecular weight excluding hydrogens is 326 g/mol. The molecule has 1 saturated heterocycles. The molecule has 1 aromatic carbocycles. The first kappa shape index (κ1) is 17.0. The summed E-state index contributed by atoms with van der Waals surface area (Å²) in [6.45, 7) is 0.532. The van der Waals surface area contributed by atoms with E-state index < -0.39 is 12.1 Å². The number of ether oxygens (including phenoxy) is 2. The SMILES string of the molecule is COc1ccccc1-c1nn(C)cc1C(=O)N1CCOC(C(=O)O)C1. The lowest BCUT2D eigenvalue weighted by Crippen LogP contribution is -2.48. The summed E-state index contributed by atoms with van der Waals surface area (Å²) < 4.78 is 12.1. The number of hydrogen-bond donors (Lipinski definition) is 1. The highest BCUT2D eigenvalue weighted by atomic mass is 16.5. The molecule has 3 rings (SSSR count). The van der Waals surface area contributed by atoms with Crippen LogP contribution >= 0.6 is 0 Å². The van der Waals surface area contributed by atoms with Gasteiger partial charge >= 0.3 is 5.97 Å². The standard InChI is InChI=1S/C17H19N3O5/c1-19-9-12(15(18-19)11-5-3-4-6-13(11)24-2)16(21)20-7-8-25-14(10-20)17(22)23/h3-6,9,14H,7-8,10H2,1-2H3,(H,22,23). The molecule has 2 aromatic rings. The Morgan fingerprint density at radius 2 is 2.12 bits per heavy atom. The number of amides is 1. The van der Waals surface area contributed by atoms with Crippen LogP contribution in [0.3, 0.4) is 0 Å². The number of aliphatic carboxylic acids is 1. The molecule has 8 heteroatoms. The van der Waals surface area contributed by atoms with Crippen LogP contribution in [-0.4, -0.2) is 64.6 Å². The predicted molar refractivity (Wildman–Crippen MR) is 88.5 cm³/mol. The lowest BCUT2D eigenvalue weighted by atomic mass is 10.1. The van der Waals surface area contributed by atoms with Gasteiger partial charge in [-0.15, -0.1) is 0 Å². The first-order valence-corrected chi connectivity index (χ1v) is 7.82. The number of hydrogen-bond acceptors (Lipinski definition) is 5. The van der Waals surface area contributed by atoms with Crippen LogP contribution in [0.25, 0.3) is 11.3 Å². The average Bonchev–Trinajstić information content (AvgIpc) is 3.02. The molecule has 0 aliphatic carbocycles. The van der Waals surface area contributed by atoms with Crippen molar-refractivity contribution in [3.8, 4) is 17.0 Å². The number of carboxylic acid groups (broad SMARTS) is 1. The van der Waals surface area contributed by atoms with Gasteiger partial charge in [-0.05, 0) is 12.1 Å². The van der Waals surface area contributed by atoms with E-state index in [-0.39, 0.29) is 19.1 Å². The van der Waals surface area contributed by atoms with Crippen LogP contribution in [-0.2, 0) is 16.6 Å². The second kappa shape index (κ2) is 6.94. The molecule has 0 saturated carbocycles. The number of aryl methyl sites for hydroxylation is 1. The van der Waals surface area contributed by atoms with Crippen molar-refractivity contribution < 1.29 is 24.2 Å². The molecule has 0 radical (unpaired) electrons. The molecule has 1 aliphatic rings. The zero-order chi connectivity index (χ0) is 18.0. The molecule has 1 fully saturated rings. The fraction of sp³-hybridized carbons (Fsp3) is 0.353. The summed E-state index contributed by atoms with van der Waals surface area (Å²) >= 11 is 0. The minimum absolute atomic E-state index is 0.00836. The van der Waals surface area contributed by atoms with Crippen LogP contribution in [0.15, 0.2) is 30.5 Å². The summed E-state index contributed by atoms with van der Waals surface area (Å²) in [5.74, 6) is -0.738. The number of methoxy groups -OCH3 is 1. The molecule has 25 heavy (non-hydrogen) atoms. The molecule has 2 heterocycles. The number of nitrogens with zero attached hydrogens (tertiary/aromatic N) is 3. The lowest BCUT2D eigenvalue weighted by molar-refractivity contribution is -0.154. The van der Waals surface area contributed by atoms with E-state index in [1.165, 1.54) is 4.90 Å². The number of carbonyl (C=O) groups excluding carboxylic acids is 1. The highest BCUT2D eigenvalue weighted by molar-refractivity contribution is 6.00. The first-order chi connectivity index (χ1) is 12.0. The van der Waals surface area contributed by atoms with Gasteiger partial charge in [0.05, 0.1) is 25.8 Å². The minimum atomic E-state index is -1.08. The maximum atomic E-state index is 13.0. The van der Waals surface area contributed by atoms with Crippen molar-refractivity contribution in [3.05, 3.63) is 36.0 Å². The third kappa shape index (κ3) is 3.34. The molecule has 1 atom stereocenters. The molecular formula is C17H19N3O5. The Morgan fingerprint density at radius 1 is 1.36 bits per heavy atom. The zero-order valence-electron chi connectivity index (χ0n) is 14.0. The average molecular weight is 345 g/mol. The number of carbonyl (C=O) groups is 2. The minimum Gasteiger partial charge on any atom is -0.496 e. The van der Waals surface area contributed by atoms with Gasteiger partial charge in [-0.3, -0.25) is 9.48 Å². The van der Waals surface area contributed by atoms with E-state index in [1.54, 1.807) is 31.1 Å². The Kier molecular flexibility index (Phi) is 4.71. The van der Waals surface area contributed by atoms with E-state index in [9.17, 15) is 9.59 Å². The van der Waals surface area contributed by atoms with E-state index in [2.05, 4.69) is 5.10 Å². The smallest absolute Gasteiger partial charge is 0.334 e.